The molecule has 2 aromatic heterocycles. The molecule has 158 valence electrons. The van der Waals surface area contributed by atoms with E-state index in [-0.39, 0.29) is 18.2 Å². The van der Waals surface area contributed by atoms with Gasteiger partial charge in [-0.25, -0.2) is 9.67 Å². The summed E-state index contributed by atoms with van der Waals surface area (Å²) in [6, 6.07) is 12.8. The van der Waals surface area contributed by atoms with Crippen molar-refractivity contribution < 1.29 is 14.4 Å². The number of nitrogens with one attached hydrogen (secondary N) is 1. The molecule has 1 saturated heterocycles. The average molecular weight is 444 g/mol. The molecular formula is C22H16N6O3S. The van der Waals surface area contributed by atoms with Crippen molar-refractivity contribution in [1.29, 1.82) is 0 Å². The second-order valence-corrected chi connectivity index (χ2v) is 8.81. The van der Waals surface area contributed by atoms with Crippen LogP contribution in [0.4, 0.5) is 0 Å². The predicted molar refractivity (Wildman–Crippen MR) is 116 cm³/mol. The topological polar surface area (TPSA) is 110 Å². The van der Waals surface area contributed by atoms with Crippen molar-refractivity contribution in [3.05, 3.63) is 59.8 Å². The fraction of sp³-hybridized carbons (Fsp3) is 0.182. The summed E-state index contributed by atoms with van der Waals surface area (Å²) in [7, 11) is 0. The minimum Gasteiger partial charge on any atom is -0.322 e. The molecule has 4 aromatic rings. The molecule has 4 heterocycles. The molecule has 2 aliphatic heterocycles. The molecule has 1 unspecified atom stereocenters. The number of carbonyl (C=O) groups excluding carboxylic acids is 3. The van der Waals surface area contributed by atoms with Gasteiger partial charge in [-0.2, -0.15) is 0 Å². The summed E-state index contributed by atoms with van der Waals surface area (Å²) in [5, 5.41) is 11.6. The van der Waals surface area contributed by atoms with Gasteiger partial charge in [-0.05, 0) is 36.2 Å². The first-order chi connectivity index (χ1) is 15.6. The van der Waals surface area contributed by atoms with Crippen LogP contribution in [-0.4, -0.2) is 48.6 Å². The number of imide groups is 1. The Morgan fingerprint density at radius 1 is 1.09 bits per heavy atom. The number of rotatable bonds is 3. The van der Waals surface area contributed by atoms with Crippen LogP contribution in [0.3, 0.4) is 0 Å². The molecule has 2 aliphatic rings. The number of carbonyl (C=O) groups is 3. The Labute approximate surface area is 185 Å². The smallest absolute Gasteiger partial charge is 0.255 e. The summed E-state index contributed by atoms with van der Waals surface area (Å²) < 4.78 is 2.69. The summed E-state index contributed by atoms with van der Waals surface area (Å²) >= 11 is 1.55. The second-order valence-electron chi connectivity index (χ2n) is 7.78. The highest BCUT2D eigenvalue weighted by molar-refractivity contribution is 7.21. The van der Waals surface area contributed by atoms with Crippen LogP contribution >= 0.6 is 11.3 Å². The normalized spacial score (nSPS) is 18.3. The molecule has 10 heteroatoms. The third-order valence-corrected chi connectivity index (χ3v) is 6.84. The molecule has 1 N–H and O–H groups in total. The number of thiazole rings is 1. The Bertz CT molecular complexity index is 1390. The molecular weight excluding hydrogens is 428 g/mol. The van der Waals surface area contributed by atoms with Crippen molar-refractivity contribution in [2.45, 2.75) is 25.4 Å². The standard InChI is InChI=1S/C22H16N6O3S/c29-19-8-7-17(20(30)24-19)27-10-12-5-6-13(9-14(12)22(27)31)28-11-16(25-26-28)21-23-15-3-1-2-4-18(15)32-21/h1-6,9,11,17H,7-8,10H2,(H,24,29,30). The molecule has 0 radical (unpaired) electrons. The Balaban J connectivity index is 1.28. The Morgan fingerprint density at radius 2 is 1.97 bits per heavy atom. The maximum Gasteiger partial charge on any atom is 0.255 e. The molecule has 0 spiro atoms. The Morgan fingerprint density at radius 3 is 2.81 bits per heavy atom. The van der Waals surface area contributed by atoms with E-state index >= 15 is 0 Å². The van der Waals surface area contributed by atoms with Crippen LogP contribution < -0.4 is 5.32 Å². The van der Waals surface area contributed by atoms with E-state index in [1.165, 1.54) is 4.90 Å². The van der Waals surface area contributed by atoms with E-state index in [9.17, 15) is 14.4 Å². The summed E-state index contributed by atoms with van der Waals surface area (Å²) in [6.07, 6.45) is 2.36. The van der Waals surface area contributed by atoms with E-state index in [0.29, 0.717) is 29.9 Å². The van der Waals surface area contributed by atoms with Gasteiger partial charge in [-0.15, -0.1) is 16.4 Å². The number of nitrogens with zero attached hydrogens (tertiary/aromatic N) is 5. The monoisotopic (exact) mass is 444 g/mol. The first-order valence-electron chi connectivity index (χ1n) is 10.1. The molecule has 1 atom stereocenters. The van der Waals surface area contributed by atoms with Crippen LogP contribution in [0.15, 0.2) is 48.7 Å². The molecule has 1 fully saturated rings. The van der Waals surface area contributed by atoms with Gasteiger partial charge in [0.15, 0.2) is 0 Å². The largest absolute Gasteiger partial charge is 0.322 e. The van der Waals surface area contributed by atoms with Gasteiger partial charge in [0.1, 0.15) is 16.7 Å². The van der Waals surface area contributed by atoms with Gasteiger partial charge in [0.05, 0.1) is 22.1 Å². The van der Waals surface area contributed by atoms with Crippen LogP contribution in [-0.2, 0) is 16.1 Å². The van der Waals surface area contributed by atoms with E-state index in [0.717, 1.165) is 20.8 Å². The number of piperidine rings is 1. The van der Waals surface area contributed by atoms with E-state index < -0.39 is 11.9 Å². The van der Waals surface area contributed by atoms with E-state index in [2.05, 4.69) is 20.6 Å². The molecule has 0 bridgehead atoms. The van der Waals surface area contributed by atoms with Crippen molar-refractivity contribution in [2.75, 3.05) is 0 Å². The first kappa shape index (κ1) is 18.8. The van der Waals surface area contributed by atoms with Crippen molar-refractivity contribution in [3.8, 4) is 16.4 Å². The fourth-order valence-electron chi connectivity index (χ4n) is 4.15. The lowest BCUT2D eigenvalue weighted by molar-refractivity contribution is -0.136. The van der Waals surface area contributed by atoms with Gasteiger partial charge in [0, 0.05) is 18.5 Å². The average Bonchev–Trinajstić information content (AvgIpc) is 3.51. The highest BCUT2D eigenvalue weighted by Gasteiger charge is 2.39. The number of fused-ring (bicyclic) bond motifs is 2. The van der Waals surface area contributed by atoms with E-state index in [1.807, 2.05) is 36.4 Å². The third kappa shape index (κ3) is 2.99. The lowest BCUT2D eigenvalue weighted by Gasteiger charge is -2.29. The van der Waals surface area contributed by atoms with Crippen LogP contribution in [0.1, 0.15) is 28.8 Å². The fourth-order valence-corrected chi connectivity index (χ4v) is 5.07. The van der Waals surface area contributed by atoms with E-state index in [1.54, 1.807) is 28.3 Å². The predicted octanol–water partition coefficient (Wildman–Crippen LogP) is 2.30. The quantitative estimate of drug-likeness (QED) is 0.486. The summed E-state index contributed by atoms with van der Waals surface area (Å²) in [5.74, 6) is -0.935. The van der Waals surface area contributed by atoms with Crippen molar-refractivity contribution in [3.63, 3.8) is 0 Å². The number of benzene rings is 2. The summed E-state index contributed by atoms with van der Waals surface area (Å²) in [4.78, 5) is 42.8. The molecule has 2 aromatic carbocycles. The van der Waals surface area contributed by atoms with Gasteiger partial charge in [-0.3, -0.25) is 19.7 Å². The molecule has 6 rings (SSSR count). The minimum absolute atomic E-state index is 0.220. The second kappa shape index (κ2) is 7.06. The lowest BCUT2D eigenvalue weighted by atomic mass is 10.0. The Kier molecular flexibility index (Phi) is 4.15. The third-order valence-electron chi connectivity index (χ3n) is 5.78. The van der Waals surface area contributed by atoms with Crippen LogP contribution in [0, 0.1) is 0 Å². The maximum atomic E-state index is 13.0. The lowest BCUT2D eigenvalue weighted by Crippen LogP contribution is -2.52. The number of hydrogen-bond donors (Lipinski definition) is 1. The summed E-state index contributed by atoms with van der Waals surface area (Å²) in [5.41, 5.74) is 3.64. The molecule has 0 aliphatic carbocycles. The van der Waals surface area contributed by atoms with Gasteiger partial charge in [0.2, 0.25) is 11.8 Å². The van der Waals surface area contributed by atoms with Crippen LogP contribution in [0.5, 0.6) is 0 Å². The zero-order valence-corrected chi connectivity index (χ0v) is 17.5. The SMILES string of the molecule is O=C1CCC(N2Cc3ccc(-n4cc(-c5nc6ccccc6s5)nn4)cc3C2=O)C(=O)N1. The van der Waals surface area contributed by atoms with Crippen molar-refractivity contribution in [2.24, 2.45) is 0 Å². The molecule has 9 nitrogen and oxygen atoms in total. The van der Waals surface area contributed by atoms with E-state index in [4.69, 9.17) is 0 Å². The summed E-state index contributed by atoms with van der Waals surface area (Å²) in [6.45, 7) is 0.342. The van der Waals surface area contributed by atoms with Crippen molar-refractivity contribution >= 4 is 39.3 Å². The molecule has 3 amide bonds. The molecule has 32 heavy (non-hydrogen) atoms. The van der Waals surface area contributed by atoms with Gasteiger partial charge < -0.3 is 4.90 Å². The number of aromatic nitrogens is 4. The number of hydrogen-bond acceptors (Lipinski definition) is 7. The zero-order valence-electron chi connectivity index (χ0n) is 16.7. The minimum atomic E-state index is -0.631. The van der Waals surface area contributed by atoms with Gasteiger partial charge >= 0.3 is 0 Å². The highest BCUT2D eigenvalue weighted by Crippen LogP contribution is 2.31. The van der Waals surface area contributed by atoms with Crippen LogP contribution in [0.2, 0.25) is 0 Å². The van der Waals surface area contributed by atoms with Gasteiger partial charge in [0.25, 0.3) is 5.91 Å². The Hall–Kier alpha value is -3.92. The van der Waals surface area contributed by atoms with Crippen LogP contribution in [0.25, 0.3) is 26.6 Å². The highest BCUT2D eigenvalue weighted by atomic mass is 32.1. The number of para-hydroxylation sites is 1. The first-order valence-corrected chi connectivity index (χ1v) is 10.9. The number of amides is 3. The maximum absolute atomic E-state index is 13.0. The van der Waals surface area contributed by atoms with Gasteiger partial charge in [-0.1, -0.05) is 23.4 Å². The molecule has 0 saturated carbocycles. The van der Waals surface area contributed by atoms with Crippen molar-refractivity contribution in [1.82, 2.24) is 30.2 Å². The zero-order chi connectivity index (χ0) is 21.8.